The van der Waals surface area contributed by atoms with Crippen LogP contribution in [0.15, 0.2) is 91.6 Å². The summed E-state index contributed by atoms with van der Waals surface area (Å²) in [7, 11) is 0. The molecule has 1 aliphatic carbocycles. The maximum absolute atomic E-state index is 6.38. The van der Waals surface area contributed by atoms with E-state index in [0.717, 1.165) is 65.9 Å². The van der Waals surface area contributed by atoms with Gasteiger partial charge in [-0.3, -0.25) is 4.98 Å². The number of nitrogens with two attached hydrogens (primary N) is 1. The Labute approximate surface area is 216 Å². The number of rotatable bonds is 7. The van der Waals surface area contributed by atoms with Crippen LogP contribution < -0.4 is 15.8 Å². The minimum Gasteiger partial charge on any atom is -0.457 e. The van der Waals surface area contributed by atoms with E-state index in [4.69, 9.17) is 10.5 Å². The van der Waals surface area contributed by atoms with Crippen LogP contribution in [-0.4, -0.2) is 25.6 Å². The lowest BCUT2D eigenvalue weighted by molar-refractivity contribution is 0.294. The van der Waals surface area contributed by atoms with Crippen molar-refractivity contribution < 1.29 is 4.74 Å². The van der Waals surface area contributed by atoms with Crippen molar-refractivity contribution in [2.24, 2.45) is 0 Å². The molecule has 0 atom stereocenters. The number of pyridine rings is 1. The van der Waals surface area contributed by atoms with Crippen LogP contribution in [0.2, 0.25) is 0 Å². The number of hydrogen-bond donors (Lipinski definition) is 2. The fourth-order valence-corrected chi connectivity index (χ4v) is 5.25. The highest BCUT2D eigenvalue weighted by molar-refractivity contribution is 6.00. The first-order chi connectivity index (χ1) is 18.2. The van der Waals surface area contributed by atoms with Gasteiger partial charge in [0, 0.05) is 42.8 Å². The van der Waals surface area contributed by atoms with Gasteiger partial charge in [0.15, 0.2) is 0 Å². The van der Waals surface area contributed by atoms with Crippen LogP contribution in [0, 0.1) is 0 Å². The summed E-state index contributed by atoms with van der Waals surface area (Å²) < 4.78 is 8.29. The third kappa shape index (κ3) is 5.04. The summed E-state index contributed by atoms with van der Waals surface area (Å²) in [6.45, 7) is 0.877. The van der Waals surface area contributed by atoms with Crippen molar-refractivity contribution in [2.45, 2.75) is 44.3 Å². The molecular formula is C30H30N6O. The zero-order chi connectivity index (χ0) is 25.0. The summed E-state index contributed by atoms with van der Waals surface area (Å²) in [5, 5.41) is 4.63. The molecule has 3 N–H and O–H groups in total. The molecule has 7 nitrogen and oxygen atoms in total. The quantitative estimate of drug-likeness (QED) is 0.285. The predicted molar refractivity (Wildman–Crippen MR) is 146 cm³/mol. The van der Waals surface area contributed by atoms with Crippen molar-refractivity contribution in [3.05, 3.63) is 97.2 Å². The molecule has 0 amide bonds. The van der Waals surface area contributed by atoms with Crippen molar-refractivity contribution in [1.29, 1.82) is 0 Å². The Hall–Kier alpha value is -4.23. The molecule has 0 aliphatic heterocycles. The van der Waals surface area contributed by atoms with Crippen molar-refractivity contribution in [3.63, 3.8) is 0 Å². The van der Waals surface area contributed by atoms with Crippen molar-refractivity contribution in [1.82, 2.24) is 24.8 Å². The summed E-state index contributed by atoms with van der Waals surface area (Å²) in [6.07, 6.45) is 11.9. The van der Waals surface area contributed by atoms with Crippen molar-refractivity contribution >= 4 is 16.9 Å². The Morgan fingerprint density at radius 3 is 2.35 bits per heavy atom. The van der Waals surface area contributed by atoms with E-state index in [1.807, 2.05) is 54.9 Å². The highest BCUT2D eigenvalue weighted by atomic mass is 16.5. The normalized spacial score (nSPS) is 17.6. The molecule has 0 unspecified atom stereocenters. The standard InChI is InChI=1S/C30H30N6O/c31-29-28-27(22-6-12-26(13-7-22)37-25-4-2-1-3-5-25)19-36(30(28)35-20-34-29)24-10-8-23(9-11-24)33-18-21-14-16-32-17-15-21/h1-7,12-17,19-20,23-24,33H,8-11,18H2,(H2,31,34,35). The lowest BCUT2D eigenvalue weighted by atomic mass is 9.91. The van der Waals surface area contributed by atoms with Gasteiger partial charge < -0.3 is 20.4 Å². The molecule has 0 saturated heterocycles. The number of nitrogen functional groups attached to an aromatic ring is 1. The van der Waals surface area contributed by atoms with Crippen LogP contribution in [0.25, 0.3) is 22.2 Å². The zero-order valence-electron chi connectivity index (χ0n) is 20.6. The highest BCUT2D eigenvalue weighted by Gasteiger charge is 2.25. The molecule has 0 spiro atoms. The van der Waals surface area contributed by atoms with Gasteiger partial charge in [0.05, 0.1) is 5.39 Å². The van der Waals surface area contributed by atoms with E-state index in [9.17, 15) is 0 Å². The fourth-order valence-electron chi connectivity index (χ4n) is 5.25. The lowest BCUT2D eigenvalue weighted by Gasteiger charge is -2.30. The summed E-state index contributed by atoms with van der Waals surface area (Å²) in [5.41, 5.74) is 10.7. The van der Waals surface area contributed by atoms with Crippen LogP contribution in [0.4, 0.5) is 5.82 Å². The second-order valence-corrected chi connectivity index (χ2v) is 9.59. The first-order valence-corrected chi connectivity index (χ1v) is 12.8. The molecule has 0 bridgehead atoms. The number of ether oxygens (including phenoxy) is 1. The molecular weight excluding hydrogens is 460 g/mol. The van der Waals surface area contributed by atoms with E-state index in [2.05, 4.69) is 55.3 Å². The number of benzene rings is 2. The van der Waals surface area contributed by atoms with Gasteiger partial charge in [0.2, 0.25) is 0 Å². The van der Waals surface area contributed by atoms with E-state index < -0.39 is 0 Å². The molecule has 37 heavy (non-hydrogen) atoms. The van der Waals surface area contributed by atoms with E-state index in [1.165, 1.54) is 5.56 Å². The Bertz CT molecular complexity index is 1460. The van der Waals surface area contributed by atoms with Crippen LogP contribution in [-0.2, 0) is 6.54 Å². The summed E-state index contributed by atoms with van der Waals surface area (Å²) in [6, 6.07) is 23.0. The predicted octanol–water partition coefficient (Wildman–Crippen LogP) is 6.14. The maximum Gasteiger partial charge on any atom is 0.146 e. The average Bonchev–Trinajstić information content (AvgIpc) is 3.35. The molecule has 3 aromatic heterocycles. The average molecular weight is 491 g/mol. The topological polar surface area (TPSA) is 90.9 Å². The van der Waals surface area contributed by atoms with E-state index in [0.29, 0.717) is 17.9 Å². The maximum atomic E-state index is 6.38. The van der Waals surface area contributed by atoms with Crippen LogP contribution in [0.1, 0.15) is 37.3 Å². The number of hydrogen-bond acceptors (Lipinski definition) is 6. The number of para-hydroxylation sites is 1. The number of anilines is 1. The van der Waals surface area contributed by atoms with Gasteiger partial charge in [-0.25, -0.2) is 9.97 Å². The third-order valence-corrected chi connectivity index (χ3v) is 7.22. The SMILES string of the molecule is Nc1ncnc2c1c(-c1ccc(Oc3ccccc3)cc1)cn2C1CCC(NCc2ccncc2)CC1. The summed E-state index contributed by atoms with van der Waals surface area (Å²) in [5.74, 6) is 2.12. The van der Waals surface area contributed by atoms with Gasteiger partial charge in [-0.1, -0.05) is 30.3 Å². The first kappa shape index (κ1) is 23.2. The Kier molecular flexibility index (Phi) is 6.52. The van der Waals surface area contributed by atoms with Crippen LogP contribution in [0.3, 0.4) is 0 Å². The van der Waals surface area contributed by atoms with Gasteiger partial charge in [-0.15, -0.1) is 0 Å². The molecule has 1 saturated carbocycles. The molecule has 6 rings (SSSR count). The molecule has 7 heteroatoms. The van der Waals surface area contributed by atoms with Crippen LogP contribution >= 0.6 is 0 Å². The van der Waals surface area contributed by atoms with Gasteiger partial charge in [-0.2, -0.15) is 0 Å². The number of fused-ring (bicyclic) bond motifs is 1. The summed E-state index contributed by atoms with van der Waals surface area (Å²) >= 11 is 0. The second-order valence-electron chi connectivity index (χ2n) is 9.59. The Morgan fingerprint density at radius 2 is 1.59 bits per heavy atom. The minimum absolute atomic E-state index is 0.380. The van der Waals surface area contributed by atoms with Crippen molar-refractivity contribution in [3.8, 4) is 22.6 Å². The third-order valence-electron chi connectivity index (χ3n) is 7.22. The van der Waals surface area contributed by atoms with Crippen LogP contribution in [0.5, 0.6) is 11.5 Å². The van der Waals surface area contributed by atoms with Gasteiger partial charge in [-0.05, 0) is 73.2 Å². The monoisotopic (exact) mass is 490 g/mol. The number of nitrogens with zero attached hydrogens (tertiary/aromatic N) is 4. The van der Waals surface area contributed by atoms with Gasteiger partial charge in [0.1, 0.15) is 29.3 Å². The molecule has 0 radical (unpaired) electrons. The molecule has 186 valence electrons. The molecule has 2 aromatic carbocycles. The molecule has 1 fully saturated rings. The highest BCUT2D eigenvalue weighted by Crippen LogP contribution is 2.38. The number of aromatic nitrogens is 4. The van der Waals surface area contributed by atoms with Gasteiger partial charge in [0.25, 0.3) is 0 Å². The van der Waals surface area contributed by atoms with Gasteiger partial charge >= 0.3 is 0 Å². The number of nitrogens with one attached hydrogen (secondary N) is 1. The molecule has 1 aliphatic rings. The fraction of sp³-hybridized carbons (Fsp3) is 0.233. The largest absolute Gasteiger partial charge is 0.457 e. The van der Waals surface area contributed by atoms with E-state index in [-0.39, 0.29) is 0 Å². The van der Waals surface area contributed by atoms with E-state index >= 15 is 0 Å². The minimum atomic E-state index is 0.380. The first-order valence-electron chi connectivity index (χ1n) is 12.8. The lowest BCUT2D eigenvalue weighted by Crippen LogP contribution is -2.33. The van der Waals surface area contributed by atoms with E-state index in [1.54, 1.807) is 6.33 Å². The Morgan fingerprint density at radius 1 is 0.865 bits per heavy atom. The smallest absolute Gasteiger partial charge is 0.146 e. The molecule has 3 heterocycles. The second kappa shape index (κ2) is 10.4. The molecule has 5 aromatic rings. The van der Waals surface area contributed by atoms with Crippen molar-refractivity contribution in [2.75, 3.05) is 5.73 Å². The summed E-state index contributed by atoms with van der Waals surface area (Å²) in [4.78, 5) is 13.1. The zero-order valence-corrected chi connectivity index (χ0v) is 20.6. The Balaban J connectivity index is 1.20.